The molecular weight excluding hydrogens is 441 g/mol. The molecule has 0 aliphatic rings. The van der Waals surface area contributed by atoms with Crippen molar-refractivity contribution < 1.29 is 9.53 Å². The number of aromatic amines is 1. The maximum absolute atomic E-state index is 12.3. The quantitative estimate of drug-likeness (QED) is 0.283. The number of carbonyl (C=O) groups is 1. The first-order valence-corrected chi connectivity index (χ1v) is 18.4. The number of fused-ring (bicyclic) bond motifs is 1. The van der Waals surface area contributed by atoms with Crippen LogP contribution in [0.4, 0.5) is 0 Å². The summed E-state index contributed by atoms with van der Waals surface area (Å²) in [4.78, 5) is 15.6. The van der Waals surface area contributed by atoms with Gasteiger partial charge in [0, 0.05) is 0 Å². The van der Waals surface area contributed by atoms with Gasteiger partial charge in [-0.1, -0.05) is 0 Å². The first-order valence-electron chi connectivity index (χ1n) is 10.9. The summed E-state index contributed by atoms with van der Waals surface area (Å²) in [5.74, 6) is -0.240. The van der Waals surface area contributed by atoms with Gasteiger partial charge in [-0.3, -0.25) is 0 Å². The van der Waals surface area contributed by atoms with Crippen molar-refractivity contribution in [1.82, 2.24) is 4.98 Å². The number of nitrogens with one attached hydrogen (secondary N) is 1. The van der Waals surface area contributed by atoms with Gasteiger partial charge >= 0.3 is 169 Å². The Morgan fingerprint density at radius 1 is 0.963 bits per heavy atom. The second kappa shape index (κ2) is 11.1. The summed E-state index contributed by atoms with van der Waals surface area (Å²) in [5, 5.41) is 1.29. The van der Waals surface area contributed by atoms with Crippen molar-refractivity contribution in [2.24, 2.45) is 0 Å². The van der Waals surface area contributed by atoms with Gasteiger partial charge < -0.3 is 0 Å². The Morgan fingerprint density at radius 2 is 1.56 bits per heavy atom. The summed E-state index contributed by atoms with van der Waals surface area (Å²) >= 11 is -2.54. The summed E-state index contributed by atoms with van der Waals surface area (Å²) in [5.41, 5.74) is 1.70. The normalized spacial score (nSPS) is 11.9. The Labute approximate surface area is 169 Å². The number of unbranched alkanes of at least 4 members (excludes halogenated alkanes) is 3. The standard InChI is InChI=1S/C11H10NO2.3C4H9.Sn/c1-2-14-11(13)10-7-8-5-3-4-6-9(8)12-10;3*1-3-4-2;/h3-4,6-7,12H,2H2,1H3;3*1,3-4H2,2H3;. The van der Waals surface area contributed by atoms with E-state index in [2.05, 4.69) is 50.0 Å². The van der Waals surface area contributed by atoms with Crippen LogP contribution in [0.1, 0.15) is 76.7 Å². The number of esters is 1. The van der Waals surface area contributed by atoms with E-state index in [4.69, 9.17) is 4.74 Å². The minimum absolute atomic E-state index is 0.240. The summed E-state index contributed by atoms with van der Waals surface area (Å²) < 4.78 is 11.2. The molecule has 0 fully saturated rings. The zero-order chi connectivity index (χ0) is 19.7. The topological polar surface area (TPSA) is 42.1 Å². The van der Waals surface area contributed by atoms with Crippen LogP contribution in [-0.2, 0) is 4.74 Å². The summed E-state index contributed by atoms with van der Waals surface area (Å²) in [7, 11) is 0. The molecule has 0 saturated heterocycles. The molecule has 150 valence electrons. The molecule has 2 rings (SSSR count). The van der Waals surface area contributed by atoms with E-state index in [-0.39, 0.29) is 5.97 Å². The molecule has 1 aromatic heterocycles. The molecule has 0 atom stereocenters. The van der Waals surface area contributed by atoms with Crippen molar-refractivity contribution in [1.29, 1.82) is 0 Å². The van der Waals surface area contributed by atoms with Gasteiger partial charge in [-0.15, -0.1) is 0 Å². The SMILES string of the molecule is CCC[CH2][Sn]([CH2]CCC)([CH2]CCC)[c]1cccc2[nH]c(C(=O)OCC)cc12. The molecule has 2 aromatic rings. The van der Waals surface area contributed by atoms with Crippen LogP contribution in [0.2, 0.25) is 13.3 Å². The number of benzene rings is 1. The molecule has 0 saturated carbocycles. The second-order valence-corrected chi connectivity index (χ2v) is 20.9. The molecule has 0 bridgehead atoms. The molecule has 0 aliphatic heterocycles. The van der Waals surface area contributed by atoms with Crippen molar-refractivity contribution in [3.05, 3.63) is 30.0 Å². The van der Waals surface area contributed by atoms with Gasteiger partial charge in [-0.25, -0.2) is 0 Å². The fraction of sp³-hybridized carbons (Fsp3) is 0.609. The average molecular weight is 478 g/mol. The van der Waals surface area contributed by atoms with Crippen LogP contribution in [0.15, 0.2) is 24.3 Å². The molecule has 0 amide bonds. The van der Waals surface area contributed by atoms with Gasteiger partial charge in [0.1, 0.15) is 0 Å². The Balaban J connectivity index is 2.54. The number of ether oxygens (including phenoxy) is 1. The summed E-state index contributed by atoms with van der Waals surface area (Å²) in [6.07, 6.45) is 7.84. The predicted octanol–water partition coefficient (Wildman–Crippen LogP) is 6.40. The zero-order valence-electron chi connectivity index (χ0n) is 17.7. The number of hydrogen-bond acceptors (Lipinski definition) is 2. The monoisotopic (exact) mass is 479 g/mol. The Kier molecular flexibility index (Phi) is 9.20. The number of rotatable bonds is 12. The van der Waals surface area contributed by atoms with Gasteiger partial charge in [0.15, 0.2) is 0 Å². The van der Waals surface area contributed by atoms with E-state index in [0.29, 0.717) is 12.3 Å². The van der Waals surface area contributed by atoms with Gasteiger partial charge in [-0.05, 0) is 0 Å². The van der Waals surface area contributed by atoms with E-state index in [0.717, 1.165) is 5.52 Å². The first-order chi connectivity index (χ1) is 13.1. The van der Waals surface area contributed by atoms with E-state index in [9.17, 15) is 4.79 Å². The van der Waals surface area contributed by atoms with Crippen LogP contribution in [-0.4, -0.2) is 35.9 Å². The van der Waals surface area contributed by atoms with Crippen molar-refractivity contribution in [3.8, 4) is 0 Å². The van der Waals surface area contributed by atoms with E-state index in [1.165, 1.54) is 57.2 Å². The molecule has 4 heteroatoms. The van der Waals surface area contributed by atoms with Crippen LogP contribution >= 0.6 is 0 Å². The third kappa shape index (κ3) is 5.52. The first kappa shape index (κ1) is 22.3. The van der Waals surface area contributed by atoms with Gasteiger partial charge in [0.2, 0.25) is 0 Å². The zero-order valence-corrected chi connectivity index (χ0v) is 20.6. The van der Waals surface area contributed by atoms with Crippen molar-refractivity contribution in [2.45, 2.75) is 79.5 Å². The molecule has 1 N–H and O–H groups in total. The van der Waals surface area contributed by atoms with Crippen molar-refractivity contribution in [2.75, 3.05) is 6.61 Å². The second-order valence-electron chi connectivity index (χ2n) is 7.76. The summed E-state index contributed by atoms with van der Waals surface area (Å²) in [6, 6.07) is 8.76. The molecule has 0 unspecified atom stereocenters. The molecule has 0 radical (unpaired) electrons. The van der Waals surface area contributed by atoms with Crippen LogP contribution < -0.4 is 3.58 Å². The molecule has 1 heterocycles. The van der Waals surface area contributed by atoms with E-state index in [1.54, 1.807) is 3.58 Å². The Hall–Kier alpha value is -0.971. The molecule has 3 nitrogen and oxygen atoms in total. The number of carbonyl (C=O) groups excluding carboxylic acids is 1. The number of aromatic nitrogens is 1. The van der Waals surface area contributed by atoms with E-state index < -0.39 is 18.4 Å². The van der Waals surface area contributed by atoms with Crippen LogP contribution in [0.5, 0.6) is 0 Å². The van der Waals surface area contributed by atoms with Gasteiger partial charge in [-0.2, -0.15) is 0 Å². The average Bonchev–Trinajstić information content (AvgIpc) is 3.12. The Morgan fingerprint density at radius 3 is 2.07 bits per heavy atom. The number of H-pyrrole nitrogens is 1. The van der Waals surface area contributed by atoms with Crippen molar-refractivity contribution >= 4 is 38.8 Å². The Bertz CT molecular complexity index is 700. The maximum atomic E-state index is 12.3. The van der Waals surface area contributed by atoms with Crippen LogP contribution in [0.3, 0.4) is 0 Å². The summed E-state index contributed by atoms with van der Waals surface area (Å²) in [6.45, 7) is 9.20. The van der Waals surface area contributed by atoms with E-state index in [1.807, 2.05) is 6.92 Å². The third-order valence-electron chi connectivity index (χ3n) is 5.76. The molecular formula is C23H37NO2Sn. The molecule has 0 spiro atoms. The van der Waals surface area contributed by atoms with Crippen LogP contribution in [0.25, 0.3) is 10.9 Å². The third-order valence-corrected chi connectivity index (χ3v) is 21.5. The molecule has 1 aromatic carbocycles. The fourth-order valence-corrected chi connectivity index (χ4v) is 21.0. The predicted molar refractivity (Wildman–Crippen MR) is 119 cm³/mol. The van der Waals surface area contributed by atoms with Crippen molar-refractivity contribution in [3.63, 3.8) is 0 Å². The van der Waals surface area contributed by atoms with Gasteiger partial charge in [0.25, 0.3) is 0 Å². The minimum atomic E-state index is -2.54. The molecule has 27 heavy (non-hydrogen) atoms. The number of hydrogen-bond donors (Lipinski definition) is 1. The van der Waals surface area contributed by atoms with E-state index >= 15 is 0 Å². The fourth-order valence-electron chi connectivity index (χ4n) is 4.26. The van der Waals surface area contributed by atoms with Gasteiger partial charge in [0.05, 0.1) is 0 Å². The molecule has 0 aliphatic carbocycles. The van der Waals surface area contributed by atoms with Crippen LogP contribution in [0, 0.1) is 0 Å².